The number of amides is 2. The van der Waals surface area contributed by atoms with E-state index < -0.39 is 0 Å². The van der Waals surface area contributed by atoms with Crippen LogP contribution in [0.1, 0.15) is 29.8 Å². The van der Waals surface area contributed by atoms with Crippen molar-refractivity contribution in [2.45, 2.75) is 20.3 Å². The number of aromatic nitrogens is 1. The molecule has 3 rings (SSSR count). The SMILES string of the molecule is CCOC(=O)N1CCN(c2ccc(C(=O)Nc3ccccc3CC)cn2)CC1. The van der Waals surface area contributed by atoms with E-state index in [1.54, 1.807) is 24.1 Å². The number of piperazine rings is 1. The molecule has 0 aliphatic carbocycles. The van der Waals surface area contributed by atoms with E-state index in [4.69, 9.17) is 4.74 Å². The number of nitrogens with zero attached hydrogens (tertiary/aromatic N) is 3. The molecule has 1 fully saturated rings. The molecule has 1 aliphatic rings. The lowest BCUT2D eigenvalue weighted by Crippen LogP contribution is -2.49. The number of pyridine rings is 1. The van der Waals surface area contributed by atoms with Crippen LogP contribution >= 0.6 is 0 Å². The maximum atomic E-state index is 12.5. The summed E-state index contributed by atoms with van der Waals surface area (Å²) in [4.78, 5) is 32.6. The van der Waals surface area contributed by atoms with Gasteiger partial charge in [0, 0.05) is 38.1 Å². The fourth-order valence-corrected chi connectivity index (χ4v) is 3.19. The summed E-state index contributed by atoms with van der Waals surface area (Å²) in [5, 5.41) is 2.96. The standard InChI is InChI=1S/C21H26N4O3/c1-3-16-7-5-6-8-18(16)23-20(26)17-9-10-19(22-15-17)24-11-13-25(14-12-24)21(27)28-4-2/h5-10,15H,3-4,11-14H2,1-2H3,(H,23,26). The molecule has 7 heteroatoms. The van der Waals surface area contributed by atoms with Crippen molar-refractivity contribution < 1.29 is 14.3 Å². The molecule has 1 N–H and O–H groups in total. The monoisotopic (exact) mass is 382 g/mol. The number of carbonyl (C=O) groups is 2. The van der Waals surface area contributed by atoms with Gasteiger partial charge >= 0.3 is 6.09 Å². The molecular weight excluding hydrogens is 356 g/mol. The molecular formula is C21H26N4O3. The van der Waals surface area contributed by atoms with Crippen molar-refractivity contribution in [2.75, 3.05) is 43.0 Å². The summed E-state index contributed by atoms with van der Waals surface area (Å²) in [6.45, 7) is 6.79. The zero-order valence-corrected chi connectivity index (χ0v) is 16.4. The van der Waals surface area contributed by atoms with Gasteiger partial charge in [0.15, 0.2) is 0 Å². The van der Waals surface area contributed by atoms with E-state index in [0.717, 1.165) is 23.5 Å². The molecule has 0 unspecified atom stereocenters. The Morgan fingerprint density at radius 2 is 1.82 bits per heavy atom. The molecule has 1 aliphatic heterocycles. The number of benzene rings is 1. The average Bonchev–Trinajstić information content (AvgIpc) is 2.74. The molecule has 2 heterocycles. The zero-order valence-electron chi connectivity index (χ0n) is 16.4. The van der Waals surface area contributed by atoms with Gasteiger partial charge in [-0.15, -0.1) is 0 Å². The Morgan fingerprint density at radius 3 is 2.46 bits per heavy atom. The first-order valence-corrected chi connectivity index (χ1v) is 9.64. The average molecular weight is 382 g/mol. The van der Waals surface area contributed by atoms with Crippen molar-refractivity contribution in [3.05, 3.63) is 53.7 Å². The molecule has 0 atom stereocenters. The van der Waals surface area contributed by atoms with Crippen LogP contribution in [0.25, 0.3) is 0 Å². The predicted octanol–water partition coefficient (Wildman–Crippen LogP) is 3.17. The second-order valence-electron chi connectivity index (χ2n) is 6.54. The third-order valence-corrected chi connectivity index (χ3v) is 4.79. The van der Waals surface area contributed by atoms with Crippen LogP contribution in [-0.2, 0) is 11.2 Å². The first-order chi connectivity index (χ1) is 13.6. The van der Waals surface area contributed by atoms with Gasteiger partial charge in [0.25, 0.3) is 5.91 Å². The van der Waals surface area contributed by atoms with E-state index in [9.17, 15) is 9.59 Å². The molecule has 0 saturated carbocycles. The van der Waals surface area contributed by atoms with Crippen molar-refractivity contribution in [2.24, 2.45) is 0 Å². The minimum atomic E-state index is -0.269. The van der Waals surface area contributed by atoms with Gasteiger partial charge in [-0.3, -0.25) is 4.79 Å². The third kappa shape index (κ3) is 4.60. The Morgan fingerprint density at radius 1 is 1.07 bits per heavy atom. The summed E-state index contributed by atoms with van der Waals surface area (Å²) in [6, 6.07) is 11.4. The van der Waals surface area contributed by atoms with E-state index in [1.165, 1.54) is 0 Å². The first-order valence-electron chi connectivity index (χ1n) is 9.64. The summed E-state index contributed by atoms with van der Waals surface area (Å²) in [6.07, 6.45) is 2.18. The molecule has 0 radical (unpaired) electrons. The molecule has 2 aromatic rings. The van der Waals surface area contributed by atoms with E-state index in [2.05, 4.69) is 22.1 Å². The number of ether oxygens (including phenoxy) is 1. The van der Waals surface area contributed by atoms with Crippen LogP contribution in [0.2, 0.25) is 0 Å². The Kier molecular flexibility index (Phi) is 6.47. The fourth-order valence-electron chi connectivity index (χ4n) is 3.19. The fraction of sp³-hybridized carbons (Fsp3) is 0.381. The number of nitrogens with one attached hydrogen (secondary N) is 1. The second-order valence-corrected chi connectivity index (χ2v) is 6.54. The highest BCUT2D eigenvalue weighted by molar-refractivity contribution is 6.04. The quantitative estimate of drug-likeness (QED) is 0.860. The van der Waals surface area contributed by atoms with Gasteiger partial charge in [0.2, 0.25) is 0 Å². The Balaban J connectivity index is 1.59. The van der Waals surface area contributed by atoms with E-state index in [1.807, 2.05) is 30.3 Å². The Bertz CT molecular complexity index is 815. The van der Waals surface area contributed by atoms with Crippen LogP contribution in [-0.4, -0.2) is 54.7 Å². The van der Waals surface area contributed by atoms with E-state index >= 15 is 0 Å². The summed E-state index contributed by atoms with van der Waals surface area (Å²) in [5.74, 6) is 0.626. The van der Waals surface area contributed by atoms with Gasteiger partial charge in [-0.2, -0.15) is 0 Å². The number of carbonyl (C=O) groups excluding carboxylic acids is 2. The third-order valence-electron chi connectivity index (χ3n) is 4.79. The lowest BCUT2D eigenvalue weighted by atomic mass is 10.1. The summed E-state index contributed by atoms with van der Waals surface area (Å²) in [7, 11) is 0. The molecule has 1 saturated heterocycles. The minimum absolute atomic E-state index is 0.174. The maximum absolute atomic E-state index is 12.5. The molecule has 2 amide bonds. The first kappa shape index (κ1) is 19.7. The Labute approximate surface area is 165 Å². The van der Waals surface area contributed by atoms with Gasteiger partial charge in [0.05, 0.1) is 12.2 Å². The summed E-state index contributed by atoms with van der Waals surface area (Å²) < 4.78 is 5.04. The highest BCUT2D eigenvalue weighted by atomic mass is 16.6. The van der Waals surface area contributed by atoms with Crippen LogP contribution < -0.4 is 10.2 Å². The minimum Gasteiger partial charge on any atom is -0.450 e. The second kappa shape index (κ2) is 9.21. The Hall–Kier alpha value is -3.09. The van der Waals surface area contributed by atoms with Crippen molar-refractivity contribution in [1.82, 2.24) is 9.88 Å². The smallest absolute Gasteiger partial charge is 0.409 e. The molecule has 1 aromatic heterocycles. The number of para-hydroxylation sites is 1. The molecule has 0 bridgehead atoms. The van der Waals surface area contributed by atoms with Crippen molar-refractivity contribution >= 4 is 23.5 Å². The van der Waals surface area contributed by atoms with Gasteiger partial charge in [-0.1, -0.05) is 25.1 Å². The number of anilines is 2. The summed E-state index contributed by atoms with van der Waals surface area (Å²) >= 11 is 0. The van der Waals surface area contributed by atoms with Crippen LogP contribution in [0.3, 0.4) is 0 Å². The maximum Gasteiger partial charge on any atom is 0.409 e. The zero-order chi connectivity index (χ0) is 19.9. The highest BCUT2D eigenvalue weighted by Crippen LogP contribution is 2.18. The van der Waals surface area contributed by atoms with Crippen LogP contribution in [0.15, 0.2) is 42.6 Å². The molecule has 0 spiro atoms. The number of hydrogen-bond donors (Lipinski definition) is 1. The number of hydrogen-bond acceptors (Lipinski definition) is 5. The normalized spacial score (nSPS) is 13.9. The van der Waals surface area contributed by atoms with Gasteiger partial charge in [0.1, 0.15) is 5.82 Å². The highest BCUT2D eigenvalue weighted by Gasteiger charge is 2.22. The van der Waals surface area contributed by atoms with E-state index in [0.29, 0.717) is 38.3 Å². The van der Waals surface area contributed by atoms with Crippen LogP contribution in [0, 0.1) is 0 Å². The lowest BCUT2D eigenvalue weighted by molar-refractivity contribution is 0.102. The summed E-state index contributed by atoms with van der Waals surface area (Å²) in [5.41, 5.74) is 2.44. The van der Waals surface area contributed by atoms with Crippen LogP contribution in [0.5, 0.6) is 0 Å². The van der Waals surface area contributed by atoms with Crippen LogP contribution in [0.4, 0.5) is 16.3 Å². The molecule has 1 aromatic carbocycles. The van der Waals surface area contributed by atoms with Gasteiger partial charge < -0.3 is 19.9 Å². The van der Waals surface area contributed by atoms with Crippen molar-refractivity contribution in [1.29, 1.82) is 0 Å². The van der Waals surface area contributed by atoms with Gasteiger partial charge in [-0.25, -0.2) is 9.78 Å². The number of aryl methyl sites for hydroxylation is 1. The predicted molar refractivity (Wildman–Crippen MR) is 109 cm³/mol. The largest absolute Gasteiger partial charge is 0.450 e. The van der Waals surface area contributed by atoms with Gasteiger partial charge in [-0.05, 0) is 37.1 Å². The van der Waals surface area contributed by atoms with Crippen molar-refractivity contribution in [3.63, 3.8) is 0 Å². The molecule has 28 heavy (non-hydrogen) atoms. The van der Waals surface area contributed by atoms with Crippen molar-refractivity contribution in [3.8, 4) is 0 Å². The molecule has 7 nitrogen and oxygen atoms in total. The van der Waals surface area contributed by atoms with E-state index in [-0.39, 0.29) is 12.0 Å². The lowest BCUT2D eigenvalue weighted by Gasteiger charge is -2.34. The topological polar surface area (TPSA) is 74.8 Å². The number of rotatable bonds is 5. The molecule has 148 valence electrons.